The van der Waals surface area contributed by atoms with Crippen molar-refractivity contribution < 1.29 is 9.47 Å². The summed E-state index contributed by atoms with van der Waals surface area (Å²) in [6, 6.07) is 16.4. The van der Waals surface area contributed by atoms with Crippen molar-refractivity contribution in [3.05, 3.63) is 54.1 Å². The molecule has 6 nitrogen and oxygen atoms in total. The second-order valence-corrected chi connectivity index (χ2v) is 7.88. The second-order valence-electron chi connectivity index (χ2n) is 7.88. The van der Waals surface area contributed by atoms with E-state index in [9.17, 15) is 0 Å². The van der Waals surface area contributed by atoms with Crippen LogP contribution in [0.5, 0.6) is 11.5 Å². The van der Waals surface area contributed by atoms with Gasteiger partial charge in [0, 0.05) is 38.4 Å². The summed E-state index contributed by atoms with van der Waals surface area (Å²) in [5.74, 6) is 3.20. The lowest BCUT2D eigenvalue weighted by Crippen LogP contribution is -2.43. The molecule has 0 bridgehead atoms. The Hall–Kier alpha value is -2.89. The number of hydrogen-bond donors (Lipinski definition) is 2. The van der Waals surface area contributed by atoms with Crippen molar-refractivity contribution in [2.75, 3.05) is 45.2 Å². The van der Waals surface area contributed by atoms with Gasteiger partial charge < -0.3 is 25.0 Å². The fourth-order valence-electron chi connectivity index (χ4n) is 3.71. The van der Waals surface area contributed by atoms with Crippen LogP contribution in [0.1, 0.15) is 18.9 Å². The number of aryl methyl sites for hydroxylation is 1. The van der Waals surface area contributed by atoms with Gasteiger partial charge in [-0.1, -0.05) is 18.2 Å². The van der Waals surface area contributed by atoms with Crippen molar-refractivity contribution in [1.82, 2.24) is 10.6 Å². The van der Waals surface area contributed by atoms with Crippen LogP contribution in [0.3, 0.4) is 0 Å². The number of anilines is 1. The number of nitrogens with one attached hydrogen (secondary N) is 2. The predicted molar refractivity (Wildman–Crippen MR) is 124 cm³/mol. The van der Waals surface area contributed by atoms with Gasteiger partial charge in [-0.2, -0.15) is 0 Å². The minimum atomic E-state index is 0.0420. The van der Waals surface area contributed by atoms with Gasteiger partial charge in [0.25, 0.3) is 0 Å². The van der Waals surface area contributed by atoms with E-state index >= 15 is 0 Å². The third-order valence-electron chi connectivity index (χ3n) is 5.37. The van der Waals surface area contributed by atoms with Gasteiger partial charge in [-0.15, -0.1) is 0 Å². The topological polar surface area (TPSA) is 58.1 Å². The highest BCUT2D eigenvalue weighted by molar-refractivity contribution is 5.79. The Labute approximate surface area is 180 Å². The molecule has 2 unspecified atom stereocenters. The zero-order valence-electron chi connectivity index (χ0n) is 18.5. The zero-order chi connectivity index (χ0) is 21.3. The smallest absolute Gasteiger partial charge is 0.191 e. The van der Waals surface area contributed by atoms with Gasteiger partial charge in [0.1, 0.15) is 17.6 Å². The molecule has 2 aromatic rings. The summed E-state index contributed by atoms with van der Waals surface area (Å²) in [7, 11) is 3.51. The number of aliphatic imine (C=N–C) groups is 1. The van der Waals surface area contributed by atoms with Crippen molar-refractivity contribution in [2.45, 2.75) is 26.4 Å². The average Bonchev–Trinajstić information content (AvgIpc) is 3.23. The molecule has 0 amide bonds. The van der Waals surface area contributed by atoms with Crippen LogP contribution < -0.4 is 25.0 Å². The third kappa shape index (κ3) is 6.31. The first-order valence-corrected chi connectivity index (χ1v) is 10.6. The summed E-state index contributed by atoms with van der Waals surface area (Å²) in [5.41, 5.74) is 2.42. The van der Waals surface area contributed by atoms with E-state index in [-0.39, 0.29) is 6.10 Å². The SMILES string of the molecule is CN=C(NCC1CCN(c2cccc(OC)c2)C1)NCC(C)Oc1cccc(C)c1. The fraction of sp³-hybridized carbons (Fsp3) is 0.458. The van der Waals surface area contributed by atoms with E-state index in [0.717, 1.165) is 43.5 Å². The number of benzene rings is 2. The lowest BCUT2D eigenvalue weighted by Gasteiger charge is -2.21. The number of guanidine groups is 1. The molecule has 0 radical (unpaired) electrons. The van der Waals surface area contributed by atoms with Gasteiger partial charge in [0.2, 0.25) is 0 Å². The molecule has 162 valence electrons. The molecule has 1 fully saturated rings. The Bertz CT molecular complexity index is 839. The maximum atomic E-state index is 5.99. The van der Waals surface area contributed by atoms with Gasteiger partial charge >= 0.3 is 0 Å². The van der Waals surface area contributed by atoms with Crippen molar-refractivity contribution in [3.8, 4) is 11.5 Å². The fourth-order valence-corrected chi connectivity index (χ4v) is 3.71. The van der Waals surface area contributed by atoms with Crippen molar-refractivity contribution >= 4 is 11.6 Å². The maximum Gasteiger partial charge on any atom is 0.191 e. The molecular formula is C24H34N4O2. The highest BCUT2D eigenvalue weighted by atomic mass is 16.5. The summed E-state index contributed by atoms with van der Waals surface area (Å²) in [5, 5.41) is 6.84. The summed E-state index contributed by atoms with van der Waals surface area (Å²) in [4.78, 5) is 6.77. The monoisotopic (exact) mass is 410 g/mol. The summed E-state index contributed by atoms with van der Waals surface area (Å²) in [6.07, 6.45) is 1.20. The Morgan fingerprint density at radius 2 is 1.97 bits per heavy atom. The standard InChI is InChI=1S/C24H34N4O2/c1-18-7-5-10-23(13-18)30-19(2)15-26-24(25-3)27-16-20-11-12-28(17-20)21-8-6-9-22(14-21)29-4/h5-10,13-14,19-20H,11-12,15-17H2,1-4H3,(H2,25,26,27). The summed E-state index contributed by atoms with van der Waals surface area (Å²) in [6.45, 7) is 7.81. The third-order valence-corrected chi connectivity index (χ3v) is 5.37. The van der Waals surface area contributed by atoms with Gasteiger partial charge in [-0.3, -0.25) is 4.99 Å². The first-order valence-electron chi connectivity index (χ1n) is 10.6. The first-order chi connectivity index (χ1) is 14.6. The summed E-state index contributed by atoms with van der Waals surface area (Å²) < 4.78 is 11.3. The van der Waals surface area contributed by atoms with Gasteiger partial charge in [0.05, 0.1) is 13.7 Å². The van der Waals surface area contributed by atoms with Gasteiger partial charge in [-0.05, 0) is 56.0 Å². The van der Waals surface area contributed by atoms with Crippen LogP contribution in [0, 0.1) is 12.8 Å². The van der Waals surface area contributed by atoms with Crippen molar-refractivity contribution in [3.63, 3.8) is 0 Å². The lowest BCUT2D eigenvalue weighted by atomic mass is 10.1. The highest BCUT2D eigenvalue weighted by Crippen LogP contribution is 2.26. The van der Waals surface area contributed by atoms with E-state index in [1.165, 1.54) is 11.3 Å². The van der Waals surface area contributed by atoms with Crippen LogP contribution in [-0.2, 0) is 0 Å². The molecule has 1 saturated heterocycles. The van der Waals surface area contributed by atoms with Crippen LogP contribution in [0.25, 0.3) is 0 Å². The van der Waals surface area contributed by atoms with Gasteiger partial charge in [0.15, 0.2) is 5.96 Å². The van der Waals surface area contributed by atoms with Crippen molar-refractivity contribution in [2.24, 2.45) is 10.9 Å². The lowest BCUT2D eigenvalue weighted by molar-refractivity contribution is 0.223. The molecule has 1 aliphatic heterocycles. The maximum absolute atomic E-state index is 5.99. The van der Waals surface area contributed by atoms with E-state index < -0.39 is 0 Å². The average molecular weight is 411 g/mol. The Balaban J connectivity index is 1.41. The molecule has 0 aliphatic carbocycles. The number of ether oxygens (including phenoxy) is 2. The molecule has 2 atom stereocenters. The molecule has 0 saturated carbocycles. The normalized spacial score (nSPS) is 17.5. The van der Waals surface area contributed by atoms with E-state index in [2.05, 4.69) is 58.6 Å². The van der Waals surface area contributed by atoms with E-state index in [4.69, 9.17) is 9.47 Å². The zero-order valence-corrected chi connectivity index (χ0v) is 18.5. The number of nitrogens with zero attached hydrogens (tertiary/aromatic N) is 2. The minimum Gasteiger partial charge on any atom is -0.497 e. The van der Waals surface area contributed by atoms with E-state index in [1.54, 1.807) is 14.2 Å². The van der Waals surface area contributed by atoms with Crippen LogP contribution in [0.4, 0.5) is 5.69 Å². The van der Waals surface area contributed by atoms with Crippen LogP contribution in [0.2, 0.25) is 0 Å². The molecule has 0 aromatic heterocycles. The van der Waals surface area contributed by atoms with Gasteiger partial charge in [-0.25, -0.2) is 0 Å². The number of rotatable bonds is 8. The predicted octanol–water partition coefficient (Wildman–Crippen LogP) is 3.46. The molecule has 6 heteroatoms. The molecule has 1 heterocycles. The molecule has 2 N–H and O–H groups in total. The van der Waals surface area contributed by atoms with E-state index in [0.29, 0.717) is 12.5 Å². The first kappa shape index (κ1) is 21.8. The Kier molecular flexibility index (Phi) is 7.82. The molecule has 0 spiro atoms. The molecule has 30 heavy (non-hydrogen) atoms. The Morgan fingerprint density at radius 3 is 2.73 bits per heavy atom. The van der Waals surface area contributed by atoms with Crippen molar-refractivity contribution in [1.29, 1.82) is 0 Å². The minimum absolute atomic E-state index is 0.0420. The van der Waals surface area contributed by atoms with Crippen LogP contribution >= 0.6 is 0 Å². The number of hydrogen-bond acceptors (Lipinski definition) is 4. The highest BCUT2D eigenvalue weighted by Gasteiger charge is 2.23. The van der Waals surface area contributed by atoms with Crippen LogP contribution in [0.15, 0.2) is 53.5 Å². The Morgan fingerprint density at radius 1 is 1.17 bits per heavy atom. The summed E-state index contributed by atoms with van der Waals surface area (Å²) >= 11 is 0. The van der Waals surface area contributed by atoms with E-state index in [1.807, 2.05) is 24.3 Å². The quantitative estimate of drug-likeness (QED) is 0.516. The molecule has 3 rings (SSSR count). The molecular weight excluding hydrogens is 376 g/mol. The van der Waals surface area contributed by atoms with Crippen LogP contribution in [-0.4, -0.2) is 52.4 Å². The second kappa shape index (κ2) is 10.8. The molecule has 1 aliphatic rings. The number of methoxy groups -OCH3 is 1. The largest absolute Gasteiger partial charge is 0.497 e. The molecule has 2 aromatic carbocycles.